The molecule has 160 valence electrons. The summed E-state index contributed by atoms with van der Waals surface area (Å²) < 4.78 is 7.43. The number of aromatic nitrogens is 1. The van der Waals surface area contributed by atoms with Crippen molar-refractivity contribution in [1.82, 2.24) is 9.99 Å². The first-order valence-corrected chi connectivity index (χ1v) is 9.95. The Kier molecular flexibility index (Phi) is 6.87. The van der Waals surface area contributed by atoms with Gasteiger partial charge in [-0.25, -0.2) is 5.43 Å². The molecule has 2 aromatic carbocycles. The Balaban J connectivity index is 1.70. The van der Waals surface area contributed by atoms with Crippen LogP contribution in [0.4, 0.5) is 0 Å². The van der Waals surface area contributed by atoms with Gasteiger partial charge in [-0.15, -0.1) is 0 Å². The Morgan fingerprint density at radius 2 is 1.77 bits per heavy atom. The van der Waals surface area contributed by atoms with E-state index in [1.54, 1.807) is 30.5 Å². The minimum atomic E-state index is -0.855. The molecule has 0 aliphatic heterocycles. The van der Waals surface area contributed by atoms with Gasteiger partial charge in [0.25, 0.3) is 5.91 Å². The number of nitrogens with one attached hydrogen (secondary N) is 1. The zero-order valence-corrected chi connectivity index (χ0v) is 17.8. The van der Waals surface area contributed by atoms with Gasteiger partial charge in [0.1, 0.15) is 5.75 Å². The van der Waals surface area contributed by atoms with E-state index in [0.29, 0.717) is 17.9 Å². The fourth-order valence-electron chi connectivity index (χ4n) is 3.35. The third kappa shape index (κ3) is 5.39. The zero-order chi connectivity index (χ0) is 22.4. The van der Waals surface area contributed by atoms with E-state index < -0.39 is 5.97 Å². The van der Waals surface area contributed by atoms with Crippen LogP contribution < -0.4 is 10.2 Å². The van der Waals surface area contributed by atoms with Gasteiger partial charge in [0.2, 0.25) is 0 Å². The van der Waals surface area contributed by atoms with Crippen LogP contribution in [0.5, 0.6) is 5.75 Å². The first-order chi connectivity index (χ1) is 14.9. The van der Waals surface area contributed by atoms with E-state index in [0.717, 1.165) is 28.2 Å². The van der Waals surface area contributed by atoms with Crippen LogP contribution in [0.15, 0.2) is 59.7 Å². The molecule has 7 nitrogen and oxygen atoms in total. The highest BCUT2D eigenvalue weighted by atomic mass is 16.5. The van der Waals surface area contributed by atoms with Crippen molar-refractivity contribution >= 4 is 18.1 Å². The summed E-state index contributed by atoms with van der Waals surface area (Å²) in [4.78, 5) is 23.1. The van der Waals surface area contributed by atoms with E-state index in [4.69, 9.17) is 9.84 Å². The van der Waals surface area contributed by atoms with E-state index in [1.165, 1.54) is 0 Å². The van der Waals surface area contributed by atoms with Crippen molar-refractivity contribution in [3.05, 3.63) is 82.7 Å². The molecular formula is C24H25N3O4. The molecule has 0 saturated carbocycles. The van der Waals surface area contributed by atoms with Gasteiger partial charge < -0.3 is 14.4 Å². The SMILES string of the molecule is CCOc1ccc(C(=O)N/N=C\c2cc(C)n(-c3ccc(CC(=O)O)cc3)c2C)cc1. The van der Waals surface area contributed by atoms with Crippen LogP contribution in [0.3, 0.4) is 0 Å². The van der Waals surface area contributed by atoms with E-state index in [2.05, 4.69) is 15.1 Å². The number of aryl methyl sites for hydroxylation is 1. The number of carbonyl (C=O) groups is 2. The van der Waals surface area contributed by atoms with Gasteiger partial charge in [-0.3, -0.25) is 9.59 Å². The van der Waals surface area contributed by atoms with Gasteiger partial charge >= 0.3 is 5.97 Å². The zero-order valence-electron chi connectivity index (χ0n) is 17.8. The molecular weight excluding hydrogens is 394 g/mol. The Morgan fingerprint density at radius 3 is 2.39 bits per heavy atom. The molecule has 0 saturated heterocycles. The van der Waals surface area contributed by atoms with Crippen molar-refractivity contribution in [2.24, 2.45) is 5.10 Å². The first-order valence-electron chi connectivity index (χ1n) is 9.95. The molecule has 1 heterocycles. The minimum Gasteiger partial charge on any atom is -0.494 e. The highest BCUT2D eigenvalue weighted by molar-refractivity contribution is 5.95. The molecule has 7 heteroatoms. The predicted octanol–water partition coefficient (Wildman–Crippen LogP) is 3.88. The highest BCUT2D eigenvalue weighted by Gasteiger charge is 2.10. The number of ether oxygens (including phenoxy) is 1. The first kappa shape index (κ1) is 21.8. The van der Waals surface area contributed by atoms with Crippen molar-refractivity contribution in [3.8, 4) is 11.4 Å². The van der Waals surface area contributed by atoms with Crippen LogP contribution in [0.1, 0.15) is 39.8 Å². The van der Waals surface area contributed by atoms with Gasteiger partial charge in [-0.2, -0.15) is 5.10 Å². The topological polar surface area (TPSA) is 92.9 Å². The van der Waals surface area contributed by atoms with Crippen LogP contribution >= 0.6 is 0 Å². The Labute approximate surface area is 181 Å². The Bertz CT molecular complexity index is 1100. The van der Waals surface area contributed by atoms with Crippen molar-refractivity contribution < 1.29 is 19.4 Å². The van der Waals surface area contributed by atoms with Crippen molar-refractivity contribution in [1.29, 1.82) is 0 Å². The van der Waals surface area contributed by atoms with E-state index in [9.17, 15) is 9.59 Å². The average Bonchev–Trinajstić information content (AvgIpc) is 3.02. The van der Waals surface area contributed by atoms with Crippen LogP contribution in [-0.2, 0) is 11.2 Å². The molecule has 0 radical (unpaired) electrons. The number of benzene rings is 2. The molecule has 31 heavy (non-hydrogen) atoms. The summed E-state index contributed by atoms with van der Waals surface area (Å²) in [5, 5.41) is 13.0. The molecule has 1 amide bonds. The maximum Gasteiger partial charge on any atom is 0.307 e. The van der Waals surface area contributed by atoms with Crippen molar-refractivity contribution in [2.45, 2.75) is 27.2 Å². The molecule has 0 aliphatic rings. The van der Waals surface area contributed by atoms with Crippen LogP contribution in [0.2, 0.25) is 0 Å². The minimum absolute atomic E-state index is 0.00408. The molecule has 0 unspecified atom stereocenters. The number of aliphatic carboxylic acids is 1. The van der Waals surface area contributed by atoms with Crippen molar-refractivity contribution in [2.75, 3.05) is 6.61 Å². The summed E-state index contributed by atoms with van der Waals surface area (Å²) in [6.45, 7) is 6.42. The number of hydrogen-bond donors (Lipinski definition) is 2. The number of carbonyl (C=O) groups excluding carboxylic acids is 1. The lowest BCUT2D eigenvalue weighted by Crippen LogP contribution is -2.17. The second kappa shape index (κ2) is 9.75. The second-order valence-corrected chi connectivity index (χ2v) is 7.06. The number of hydrazone groups is 1. The van der Waals surface area contributed by atoms with Crippen LogP contribution in [-0.4, -0.2) is 34.4 Å². The molecule has 0 bridgehead atoms. The normalized spacial score (nSPS) is 10.9. The number of carboxylic acids is 1. The van der Waals surface area contributed by atoms with E-state index in [1.807, 2.05) is 51.1 Å². The third-order valence-corrected chi connectivity index (χ3v) is 4.82. The number of amides is 1. The largest absolute Gasteiger partial charge is 0.494 e. The molecule has 2 N–H and O–H groups in total. The van der Waals surface area contributed by atoms with E-state index in [-0.39, 0.29) is 12.3 Å². The number of hydrogen-bond acceptors (Lipinski definition) is 4. The standard InChI is InChI=1S/C24H25N3O4/c1-4-31-22-11-7-19(8-12-22)24(30)26-25-15-20-13-16(2)27(17(20)3)21-9-5-18(6-10-21)14-23(28)29/h5-13,15H,4,14H2,1-3H3,(H,26,30)(H,28,29)/b25-15-. The summed E-state index contributed by atoms with van der Waals surface area (Å²) in [7, 11) is 0. The average molecular weight is 419 g/mol. The smallest absolute Gasteiger partial charge is 0.307 e. The maximum atomic E-state index is 12.3. The molecule has 3 rings (SSSR count). The molecule has 0 fully saturated rings. The fourth-order valence-corrected chi connectivity index (χ4v) is 3.35. The fraction of sp³-hybridized carbons (Fsp3) is 0.208. The van der Waals surface area contributed by atoms with Gasteiger partial charge in [-0.1, -0.05) is 12.1 Å². The Hall–Kier alpha value is -3.87. The monoisotopic (exact) mass is 419 g/mol. The highest BCUT2D eigenvalue weighted by Crippen LogP contribution is 2.20. The molecule has 0 aliphatic carbocycles. The molecule has 3 aromatic rings. The second-order valence-electron chi connectivity index (χ2n) is 7.06. The molecule has 1 aromatic heterocycles. The predicted molar refractivity (Wildman–Crippen MR) is 119 cm³/mol. The summed E-state index contributed by atoms with van der Waals surface area (Å²) in [6, 6.07) is 16.3. The Morgan fingerprint density at radius 1 is 1.10 bits per heavy atom. The van der Waals surface area contributed by atoms with Gasteiger partial charge in [0.05, 0.1) is 19.2 Å². The van der Waals surface area contributed by atoms with Crippen molar-refractivity contribution in [3.63, 3.8) is 0 Å². The molecule has 0 spiro atoms. The lowest BCUT2D eigenvalue weighted by Gasteiger charge is -2.10. The van der Waals surface area contributed by atoms with Crippen LogP contribution in [0.25, 0.3) is 5.69 Å². The summed E-state index contributed by atoms with van der Waals surface area (Å²) in [5.74, 6) is -0.444. The lowest BCUT2D eigenvalue weighted by molar-refractivity contribution is -0.136. The number of carboxylic acid groups (broad SMARTS) is 1. The quantitative estimate of drug-likeness (QED) is 0.428. The summed E-state index contributed by atoms with van der Waals surface area (Å²) in [5.41, 5.74) is 7.56. The number of nitrogens with zero attached hydrogens (tertiary/aromatic N) is 2. The third-order valence-electron chi connectivity index (χ3n) is 4.82. The van der Waals surface area contributed by atoms with Gasteiger partial charge in [0.15, 0.2) is 0 Å². The number of rotatable bonds is 8. The van der Waals surface area contributed by atoms with E-state index >= 15 is 0 Å². The maximum absolute atomic E-state index is 12.3. The summed E-state index contributed by atoms with van der Waals surface area (Å²) >= 11 is 0. The summed E-state index contributed by atoms with van der Waals surface area (Å²) in [6.07, 6.45) is 1.61. The van der Waals surface area contributed by atoms with Gasteiger partial charge in [0, 0.05) is 28.2 Å². The van der Waals surface area contributed by atoms with Crippen LogP contribution in [0, 0.1) is 13.8 Å². The lowest BCUT2D eigenvalue weighted by atomic mass is 10.1. The molecule has 0 atom stereocenters. The van der Waals surface area contributed by atoms with Gasteiger partial charge in [-0.05, 0) is 68.8 Å².